The molecular formula is C14H25O5P. The summed E-state index contributed by atoms with van der Waals surface area (Å²) in [5, 5.41) is 0. The summed E-state index contributed by atoms with van der Waals surface area (Å²) in [6.45, 7) is 1.15. The Bertz CT molecular complexity index is 468. The molecule has 0 aromatic rings. The Labute approximate surface area is 125 Å². The predicted molar refractivity (Wildman–Crippen MR) is 75.0 cm³/mol. The molecule has 3 aliphatic heterocycles. The van der Waals surface area contributed by atoms with Crippen molar-refractivity contribution in [3.63, 3.8) is 0 Å². The van der Waals surface area contributed by atoms with Gasteiger partial charge in [-0.1, -0.05) is 6.92 Å². The molecule has 0 radical (unpaired) electrons. The summed E-state index contributed by atoms with van der Waals surface area (Å²) in [6.07, 6.45) is 0.918. The van der Waals surface area contributed by atoms with Crippen molar-refractivity contribution in [3.05, 3.63) is 0 Å². The van der Waals surface area contributed by atoms with Gasteiger partial charge in [0.1, 0.15) is 0 Å². The van der Waals surface area contributed by atoms with Crippen molar-refractivity contribution in [1.82, 2.24) is 0 Å². The molecule has 0 saturated carbocycles. The molecule has 0 aromatic carbocycles. The van der Waals surface area contributed by atoms with Gasteiger partial charge in [0, 0.05) is 21.0 Å². The number of hydrogen-bond donors (Lipinski definition) is 0. The van der Waals surface area contributed by atoms with Crippen molar-refractivity contribution in [2.24, 2.45) is 11.8 Å². The predicted octanol–water partition coefficient (Wildman–Crippen LogP) is 2.84. The van der Waals surface area contributed by atoms with Crippen molar-refractivity contribution in [1.29, 1.82) is 0 Å². The Morgan fingerprint density at radius 2 is 2.20 bits per heavy atom. The number of hydrogen-bond acceptors (Lipinski definition) is 5. The third-order valence-corrected chi connectivity index (χ3v) is 6.38. The standard InChI is InChI=1S/C14H25O5P/c1-10-3-6-17-14(10)12-4-8-18-20(15,9-12)19-13-5-7-16-11(13)2/h10-14H,3-9H2,1-2H3/t10-,11+,12-,13-,14-,20+/m0/s1/i2D,6T,7T/t6-,7-,10+,11-,12+,13+,14+,20-/m1. The maximum absolute atomic E-state index is 13.0. The molecule has 0 N–H and O–H groups in total. The van der Waals surface area contributed by atoms with Crippen LogP contribution in [0.3, 0.4) is 0 Å². The SMILES string of the molecule is [2H]C[C@H]1O[C@H]([3H])C[C@@H]1O[P@@]1(=O)C[C@@H]([C@H]2O[C@H]([3H])C[C@@H]2C)CCO1. The summed E-state index contributed by atoms with van der Waals surface area (Å²) in [5.41, 5.74) is 0. The number of rotatable bonds is 3. The van der Waals surface area contributed by atoms with E-state index in [1.807, 2.05) is 0 Å². The molecular weight excluding hydrogens is 279 g/mol. The fourth-order valence-electron chi connectivity index (χ4n) is 3.11. The van der Waals surface area contributed by atoms with Crippen LogP contribution >= 0.6 is 7.60 Å². The van der Waals surface area contributed by atoms with E-state index in [1.165, 1.54) is 0 Å². The quantitative estimate of drug-likeness (QED) is 0.750. The highest BCUT2D eigenvalue weighted by Crippen LogP contribution is 2.56. The second-order valence-electron chi connectivity index (χ2n) is 5.88. The molecule has 6 heteroatoms. The Morgan fingerprint density at radius 3 is 2.95 bits per heavy atom. The van der Waals surface area contributed by atoms with Gasteiger partial charge >= 0.3 is 7.60 Å². The summed E-state index contributed by atoms with van der Waals surface area (Å²) >= 11 is 0. The lowest BCUT2D eigenvalue weighted by atomic mass is 9.91. The smallest absolute Gasteiger partial charge is 0.331 e. The molecule has 20 heavy (non-hydrogen) atoms. The summed E-state index contributed by atoms with van der Waals surface area (Å²) in [4.78, 5) is 0. The molecule has 0 spiro atoms. The Hall–Kier alpha value is 0.0700. The summed E-state index contributed by atoms with van der Waals surface area (Å²) in [7, 11) is -3.28. The van der Waals surface area contributed by atoms with Crippen LogP contribution < -0.4 is 0 Å². The molecule has 3 heterocycles. The fraction of sp³-hybridized carbons (Fsp3) is 1.00. The van der Waals surface area contributed by atoms with Gasteiger partial charge in [-0.2, -0.15) is 0 Å². The zero-order valence-electron chi connectivity index (χ0n) is 14.8. The molecule has 8 atom stereocenters. The molecule has 0 amide bonds. The van der Waals surface area contributed by atoms with Crippen molar-refractivity contribution >= 4 is 7.60 Å². The van der Waals surface area contributed by atoms with Crippen LogP contribution in [0.15, 0.2) is 0 Å². The zero-order chi connectivity index (χ0) is 16.6. The molecule has 5 nitrogen and oxygen atoms in total. The number of ether oxygens (including phenoxy) is 2. The van der Waals surface area contributed by atoms with Gasteiger partial charge in [-0.15, -0.1) is 0 Å². The molecule has 3 saturated heterocycles. The highest BCUT2D eigenvalue weighted by molar-refractivity contribution is 7.53. The fourth-order valence-corrected chi connectivity index (χ4v) is 5.34. The Morgan fingerprint density at radius 1 is 1.35 bits per heavy atom. The first-order chi connectivity index (χ1) is 10.9. The van der Waals surface area contributed by atoms with Crippen molar-refractivity contribution in [2.45, 2.75) is 51.4 Å². The monoisotopic (exact) mass is 309 g/mol. The maximum atomic E-state index is 13.0. The van der Waals surface area contributed by atoms with Crippen LogP contribution in [0, 0.1) is 11.8 Å². The molecule has 116 valence electrons. The van der Waals surface area contributed by atoms with Gasteiger partial charge < -0.3 is 18.5 Å². The summed E-state index contributed by atoms with van der Waals surface area (Å²) in [6, 6.07) is 0. The van der Waals surface area contributed by atoms with Crippen molar-refractivity contribution in [3.8, 4) is 0 Å². The van der Waals surface area contributed by atoms with Crippen LogP contribution in [0.4, 0.5) is 0 Å². The normalized spacial score (nSPS) is 59.0. The lowest BCUT2D eigenvalue weighted by Gasteiger charge is -2.34. The highest BCUT2D eigenvalue weighted by atomic mass is 31.2. The van der Waals surface area contributed by atoms with Crippen LogP contribution in [-0.4, -0.2) is 44.2 Å². The third kappa shape index (κ3) is 3.12. The minimum Gasteiger partial charge on any atom is -0.378 e. The molecule has 3 rings (SSSR count). The topological polar surface area (TPSA) is 54.0 Å². The van der Waals surface area contributed by atoms with E-state index in [1.54, 1.807) is 0 Å². The van der Waals surface area contributed by atoms with Gasteiger partial charge in [-0.05, 0) is 31.6 Å². The highest BCUT2D eigenvalue weighted by Gasteiger charge is 2.43. The van der Waals surface area contributed by atoms with Crippen molar-refractivity contribution in [2.75, 3.05) is 25.9 Å². The van der Waals surface area contributed by atoms with Crippen LogP contribution in [-0.2, 0) is 23.1 Å². The second kappa shape index (κ2) is 6.05. The van der Waals surface area contributed by atoms with Crippen LogP contribution in [0.25, 0.3) is 0 Å². The molecule has 0 aromatic heterocycles. The van der Waals surface area contributed by atoms with E-state index >= 15 is 0 Å². The van der Waals surface area contributed by atoms with E-state index in [9.17, 15) is 4.57 Å². The third-order valence-electron chi connectivity index (χ3n) is 4.29. The summed E-state index contributed by atoms with van der Waals surface area (Å²) < 4.78 is 58.0. The van der Waals surface area contributed by atoms with Gasteiger partial charge in [0.15, 0.2) is 0 Å². The largest absolute Gasteiger partial charge is 0.378 e. The van der Waals surface area contributed by atoms with Gasteiger partial charge in [-0.25, -0.2) is 0 Å². The van der Waals surface area contributed by atoms with E-state index in [0.29, 0.717) is 19.4 Å². The first-order valence-corrected chi connectivity index (χ1v) is 8.99. The average molecular weight is 309 g/mol. The van der Waals surface area contributed by atoms with Gasteiger partial charge in [-0.3, -0.25) is 4.57 Å². The summed E-state index contributed by atoms with van der Waals surface area (Å²) in [5.74, 6) is 0.325. The molecule has 0 aliphatic carbocycles. The Balaban J connectivity index is 1.64. The van der Waals surface area contributed by atoms with Gasteiger partial charge in [0.25, 0.3) is 0 Å². The van der Waals surface area contributed by atoms with E-state index in [4.69, 9.17) is 22.6 Å². The lowest BCUT2D eigenvalue weighted by Crippen LogP contribution is -2.33. The molecule has 0 bridgehead atoms. The van der Waals surface area contributed by atoms with Crippen LogP contribution in [0.5, 0.6) is 0 Å². The Kier molecular flexibility index (Phi) is 3.52. The molecule has 3 fully saturated rings. The second-order valence-corrected chi connectivity index (χ2v) is 7.93. The zero-order valence-corrected chi connectivity index (χ0v) is 12.7. The van der Waals surface area contributed by atoms with Crippen molar-refractivity contribution < 1.29 is 27.2 Å². The van der Waals surface area contributed by atoms with E-state index < -0.39 is 33.0 Å². The van der Waals surface area contributed by atoms with E-state index in [2.05, 4.69) is 6.92 Å². The molecule has 3 aliphatic rings. The van der Waals surface area contributed by atoms with Gasteiger partial charge in [0.05, 0.1) is 33.8 Å². The lowest BCUT2D eigenvalue weighted by molar-refractivity contribution is 0.0207. The van der Waals surface area contributed by atoms with E-state index in [-0.39, 0.29) is 31.0 Å². The average Bonchev–Trinajstić information content (AvgIpc) is 3.00. The van der Waals surface area contributed by atoms with E-state index in [0.717, 1.165) is 6.42 Å². The van der Waals surface area contributed by atoms with Crippen LogP contribution in [0.1, 0.15) is 37.2 Å². The first kappa shape index (κ1) is 11.6. The minimum absolute atomic E-state index is 0.0211. The molecule has 0 unspecified atom stereocenters. The first-order valence-electron chi connectivity index (χ1n) is 9.13. The maximum Gasteiger partial charge on any atom is 0.331 e. The van der Waals surface area contributed by atoms with Crippen LogP contribution in [0.2, 0.25) is 0 Å². The minimum atomic E-state index is -3.28. The van der Waals surface area contributed by atoms with Gasteiger partial charge in [0.2, 0.25) is 0 Å².